The van der Waals surface area contributed by atoms with Gasteiger partial charge in [-0.3, -0.25) is 4.79 Å². The highest BCUT2D eigenvalue weighted by atomic mass is 32.1. The zero-order valence-corrected chi connectivity index (χ0v) is 13.4. The van der Waals surface area contributed by atoms with Crippen LogP contribution in [-0.4, -0.2) is 30.3 Å². The van der Waals surface area contributed by atoms with Crippen LogP contribution < -0.4 is 10.3 Å². The van der Waals surface area contributed by atoms with Crippen molar-refractivity contribution < 1.29 is 9.90 Å². The molecule has 2 N–H and O–H groups in total. The van der Waals surface area contributed by atoms with Gasteiger partial charge in [0.15, 0.2) is 0 Å². The SMILES string of the molecule is CCN(CC)c1ccc(/C=N\NC(=O)c2cccs2)c(O)c1. The zero-order chi connectivity index (χ0) is 15.9. The van der Waals surface area contributed by atoms with E-state index in [1.54, 1.807) is 24.3 Å². The van der Waals surface area contributed by atoms with Gasteiger partial charge in [-0.2, -0.15) is 5.10 Å². The number of hydrazone groups is 1. The van der Waals surface area contributed by atoms with E-state index in [1.807, 2.05) is 11.4 Å². The Kier molecular flexibility index (Phi) is 5.55. The van der Waals surface area contributed by atoms with E-state index >= 15 is 0 Å². The molecule has 0 saturated carbocycles. The summed E-state index contributed by atoms with van der Waals surface area (Å²) in [7, 11) is 0. The van der Waals surface area contributed by atoms with Gasteiger partial charge in [-0.05, 0) is 37.4 Å². The second-order valence-electron chi connectivity index (χ2n) is 4.59. The number of aromatic hydroxyl groups is 1. The minimum Gasteiger partial charge on any atom is -0.507 e. The smallest absolute Gasteiger partial charge is 0.281 e. The number of phenols is 1. The van der Waals surface area contributed by atoms with Gasteiger partial charge in [0, 0.05) is 30.4 Å². The third kappa shape index (κ3) is 3.85. The lowest BCUT2D eigenvalue weighted by Crippen LogP contribution is -2.21. The molecular formula is C16H19N3O2S. The van der Waals surface area contributed by atoms with Gasteiger partial charge in [0.1, 0.15) is 5.75 Å². The Morgan fingerprint density at radius 3 is 2.73 bits per heavy atom. The lowest BCUT2D eigenvalue weighted by molar-refractivity contribution is 0.0959. The van der Waals surface area contributed by atoms with Crippen LogP contribution in [-0.2, 0) is 0 Å². The van der Waals surface area contributed by atoms with Gasteiger partial charge in [0.2, 0.25) is 0 Å². The summed E-state index contributed by atoms with van der Waals surface area (Å²) < 4.78 is 0. The number of nitrogens with zero attached hydrogens (tertiary/aromatic N) is 2. The molecule has 0 unspecified atom stereocenters. The summed E-state index contributed by atoms with van der Waals surface area (Å²) in [4.78, 5) is 14.5. The molecule has 5 nitrogen and oxygen atoms in total. The quantitative estimate of drug-likeness (QED) is 0.636. The number of nitrogens with one attached hydrogen (secondary N) is 1. The summed E-state index contributed by atoms with van der Waals surface area (Å²) in [6.07, 6.45) is 1.44. The Hall–Kier alpha value is -2.34. The Morgan fingerprint density at radius 2 is 2.14 bits per heavy atom. The summed E-state index contributed by atoms with van der Waals surface area (Å²) in [6.45, 7) is 5.88. The van der Waals surface area contributed by atoms with Gasteiger partial charge >= 0.3 is 0 Å². The van der Waals surface area contributed by atoms with Gasteiger partial charge in [0.25, 0.3) is 5.91 Å². The van der Waals surface area contributed by atoms with Crippen molar-refractivity contribution in [3.05, 3.63) is 46.2 Å². The van der Waals surface area contributed by atoms with E-state index in [0.29, 0.717) is 10.4 Å². The maximum atomic E-state index is 11.7. The first-order chi connectivity index (χ1) is 10.7. The molecule has 0 fully saturated rings. The van der Waals surface area contributed by atoms with Crippen LogP contribution in [0.5, 0.6) is 5.75 Å². The molecule has 0 aliphatic heterocycles. The third-order valence-electron chi connectivity index (χ3n) is 3.26. The van der Waals surface area contributed by atoms with Gasteiger partial charge in [0.05, 0.1) is 11.1 Å². The molecule has 1 heterocycles. The normalized spacial score (nSPS) is 10.8. The largest absolute Gasteiger partial charge is 0.507 e. The molecule has 0 aliphatic rings. The van der Waals surface area contributed by atoms with E-state index in [9.17, 15) is 9.90 Å². The fourth-order valence-electron chi connectivity index (χ4n) is 2.05. The molecule has 116 valence electrons. The summed E-state index contributed by atoms with van der Waals surface area (Å²) in [5, 5.41) is 15.8. The number of anilines is 1. The molecule has 6 heteroatoms. The lowest BCUT2D eigenvalue weighted by atomic mass is 10.2. The highest BCUT2D eigenvalue weighted by Crippen LogP contribution is 2.23. The number of hydrogen-bond acceptors (Lipinski definition) is 5. The van der Waals surface area contributed by atoms with Gasteiger partial charge in [-0.15, -0.1) is 11.3 Å². The molecule has 0 spiro atoms. The van der Waals surface area contributed by atoms with Crippen LogP contribution in [0.1, 0.15) is 29.1 Å². The Morgan fingerprint density at radius 1 is 1.36 bits per heavy atom. The second-order valence-corrected chi connectivity index (χ2v) is 5.54. The Bertz CT molecular complexity index is 649. The first-order valence-corrected chi connectivity index (χ1v) is 7.98. The maximum absolute atomic E-state index is 11.7. The molecule has 0 atom stereocenters. The molecule has 22 heavy (non-hydrogen) atoms. The lowest BCUT2D eigenvalue weighted by Gasteiger charge is -2.21. The number of carbonyl (C=O) groups is 1. The molecule has 0 saturated heterocycles. The van der Waals surface area contributed by atoms with E-state index in [-0.39, 0.29) is 11.7 Å². The third-order valence-corrected chi connectivity index (χ3v) is 4.13. The molecule has 2 rings (SSSR count). The second kappa shape index (κ2) is 7.61. The van der Waals surface area contributed by atoms with E-state index in [4.69, 9.17) is 0 Å². The fourth-order valence-corrected chi connectivity index (χ4v) is 2.66. The topological polar surface area (TPSA) is 64.9 Å². The van der Waals surface area contributed by atoms with Crippen LogP contribution in [0.3, 0.4) is 0 Å². The van der Waals surface area contributed by atoms with E-state index in [1.165, 1.54) is 17.6 Å². The molecule has 1 aromatic carbocycles. The molecule has 1 aromatic heterocycles. The van der Waals surface area contributed by atoms with Crippen molar-refractivity contribution >= 4 is 29.1 Å². The highest BCUT2D eigenvalue weighted by Gasteiger charge is 2.06. The van der Waals surface area contributed by atoms with Crippen LogP contribution in [0.25, 0.3) is 0 Å². The van der Waals surface area contributed by atoms with Crippen LogP contribution in [0.15, 0.2) is 40.8 Å². The van der Waals surface area contributed by atoms with E-state index in [0.717, 1.165) is 18.8 Å². The van der Waals surface area contributed by atoms with Crippen molar-refractivity contribution in [2.45, 2.75) is 13.8 Å². The van der Waals surface area contributed by atoms with E-state index in [2.05, 4.69) is 29.3 Å². The number of carbonyl (C=O) groups excluding carboxylic acids is 1. The number of rotatable bonds is 6. The molecule has 2 aromatic rings. The number of phenolic OH excluding ortho intramolecular Hbond substituents is 1. The van der Waals surface area contributed by atoms with Gasteiger partial charge in [-0.25, -0.2) is 5.43 Å². The molecule has 0 aliphatic carbocycles. The average Bonchev–Trinajstić information content (AvgIpc) is 3.05. The molecule has 0 radical (unpaired) electrons. The summed E-state index contributed by atoms with van der Waals surface area (Å²) >= 11 is 1.35. The highest BCUT2D eigenvalue weighted by molar-refractivity contribution is 7.12. The fraction of sp³-hybridized carbons (Fsp3) is 0.250. The molecular weight excluding hydrogens is 298 g/mol. The summed E-state index contributed by atoms with van der Waals surface area (Å²) in [5.41, 5.74) is 3.96. The number of amides is 1. The van der Waals surface area contributed by atoms with Gasteiger partial charge < -0.3 is 10.0 Å². The van der Waals surface area contributed by atoms with Gasteiger partial charge in [-0.1, -0.05) is 6.07 Å². The molecule has 1 amide bonds. The van der Waals surface area contributed by atoms with Crippen LogP contribution >= 0.6 is 11.3 Å². The monoisotopic (exact) mass is 317 g/mol. The minimum absolute atomic E-state index is 0.138. The number of thiophene rings is 1. The van der Waals surface area contributed by atoms with Crippen LogP contribution in [0, 0.1) is 0 Å². The van der Waals surface area contributed by atoms with Crippen molar-refractivity contribution in [1.82, 2.24) is 5.43 Å². The van der Waals surface area contributed by atoms with Crippen molar-refractivity contribution in [3.63, 3.8) is 0 Å². The Balaban J connectivity index is 2.04. The predicted octanol–water partition coefficient (Wildman–Crippen LogP) is 3.06. The number of hydrogen-bond donors (Lipinski definition) is 2. The average molecular weight is 317 g/mol. The standard InChI is InChI=1S/C16H19N3O2S/c1-3-19(4-2)13-8-7-12(14(20)10-13)11-17-18-16(21)15-6-5-9-22-15/h5-11,20H,3-4H2,1-2H3,(H,18,21)/b17-11-. The zero-order valence-electron chi connectivity index (χ0n) is 12.6. The van der Waals surface area contributed by atoms with Crippen LogP contribution in [0.4, 0.5) is 5.69 Å². The molecule has 0 bridgehead atoms. The van der Waals surface area contributed by atoms with Crippen LogP contribution in [0.2, 0.25) is 0 Å². The first-order valence-electron chi connectivity index (χ1n) is 7.10. The first kappa shape index (κ1) is 16.0. The summed E-state index contributed by atoms with van der Waals surface area (Å²) in [5.74, 6) is -0.121. The summed E-state index contributed by atoms with van der Waals surface area (Å²) in [6, 6.07) is 8.95. The van der Waals surface area contributed by atoms with Crippen molar-refractivity contribution in [1.29, 1.82) is 0 Å². The number of benzene rings is 1. The maximum Gasteiger partial charge on any atom is 0.281 e. The van der Waals surface area contributed by atoms with Crippen molar-refractivity contribution in [3.8, 4) is 5.75 Å². The Labute approximate surface area is 133 Å². The van der Waals surface area contributed by atoms with Crippen molar-refractivity contribution in [2.24, 2.45) is 5.10 Å². The van der Waals surface area contributed by atoms with Crippen molar-refractivity contribution in [2.75, 3.05) is 18.0 Å². The van der Waals surface area contributed by atoms with E-state index < -0.39 is 0 Å². The predicted molar refractivity (Wildman–Crippen MR) is 91.0 cm³/mol. The minimum atomic E-state index is -0.259.